The minimum atomic E-state index is -0.518. The molecule has 0 aromatic heterocycles. The molecule has 0 atom stereocenters. The van der Waals surface area contributed by atoms with Gasteiger partial charge in [0.25, 0.3) is 11.4 Å². The maximum atomic E-state index is 11.9. The van der Waals surface area contributed by atoms with Gasteiger partial charge in [-0.3, -0.25) is 29.8 Å². The van der Waals surface area contributed by atoms with E-state index in [0.29, 0.717) is 17.1 Å². The third-order valence-corrected chi connectivity index (χ3v) is 6.50. The number of anilines is 4. The van der Waals surface area contributed by atoms with Gasteiger partial charge >= 0.3 is 0 Å². The van der Waals surface area contributed by atoms with Gasteiger partial charge in [0.2, 0.25) is 11.1 Å². The number of nitro groups is 2. The summed E-state index contributed by atoms with van der Waals surface area (Å²) in [5.41, 5.74) is 17.5. The van der Waals surface area contributed by atoms with Crippen molar-refractivity contribution in [3.8, 4) is 0 Å². The Kier molecular flexibility index (Phi) is 11.1. The maximum Gasteiger partial charge on any atom is 0.271 e. The summed E-state index contributed by atoms with van der Waals surface area (Å²) >= 11 is 5.25. The normalized spacial score (nSPS) is 15.1. The summed E-state index contributed by atoms with van der Waals surface area (Å²) in [4.78, 5) is 42.1. The van der Waals surface area contributed by atoms with Crippen LogP contribution in [0.15, 0.2) is 36.4 Å². The lowest BCUT2D eigenvalue weighted by Crippen LogP contribution is -2.21. The Hall–Kier alpha value is -3.93. The van der Waals surface area contributed by atoms with Gasteiger partial charge in [-0.15, -0.1) is 0 Å². The Bertz CT molecular complexity index is 1130. The molecule has 4 rings (SSSR count). The van der Waals surface area contributed by atoms with E-state index in [4.69, 9.17) is 28.8 Å². The molecule has 13 heteroatoms. The lowest BCUT2D eigenvalue weighted by atomic mass is 10.1. The van der Waals surface area contributed by atoms with E-state index in [1.807, 2.05) is 0 Å². The number of nitrogens with two attached hydrogens (primary N) is 3. The lowest BCUT2D eigenvalue weighted by molar-refractivity contribution is -0.385. The number of rotatable bonds is 5. The fourth-order valence-corrected chi connectivity index (χ4v) is 4.24. The van der Waals surface area contributed by atoms with Crippen LogP contribution in [0.3, 0.4) is 0 Å². The second-order valence-corrected chi connectivity index (χ2v) is 9.23. The molecule has 2 saturated carbocycles. The Balaban J connectivity index is 0.000000215. The van der Waals surface area contributed by atoms with Gasteiger partial charge < -0.3 is 22.5 Å². The number of hydrogen-bond donors (Lipinski definition) is 4. The minimum Gasteiger partial charge on any atom is -0.397 e. The third-order valence-electron chi connectivity index (χ3n) is 6.19. The van der Waals surface area contributed by atoms with Crippen LogP contribution < -0.4 is 22.5 Å². The molecule has 12 nitrogen and oxygen atoms in total. The van der Waals surface area contributed by atoms with Crippen LogP contribution in [-0.4, -0.2) is 21.0 Å². The molecule has 2 fully saturated rings. The van der Waals surface area contributed by atoms with E-state index >= 15 is 0 Å². The summed E-state index contributed by atoms with van der Waals surface area (Å²) in [5, 5.41) is 23.4. The fraction of sp³-hybridized carbons (Fsp3) is 0.417. The standard InChI is InChI=1S/C12H15N3O3.C6H9ClO.C6H7N3O2/c13-10-6-5-9(15(17)18)7-11(10)14-12(16)8-3-1-2-4-8;7-6(8)5-3-1-2-4-5;7-5-2-1-4(9(10)11)3-6(5)8/h5-8H,1-4,13H2,(H,14,16);5H,1-4H2;1-3H,7-8H2. The summed E-state index contributed by atoms with van der Waals surface area (Å²) in [6.07, 6.45) is 8.27. The number of hydrogen-bond acceptors (Lipinski definition) is 9. The first-order valence-corrected chi connectivity index (χ1v) is 12.2. The predicted octanol–water partition coefficient (Wildman–Crippen LogP) is 5.01. The van der Waals surface area contributed by atoms with E-state index in [-0.39, 0.29) is 40.0 Å². The molecule has 2 aliphatic rings. The van der Waals surface area contributed by atoms with Crippen LogP contribution in [0.5, 0.6) is 0 Å². The van der Waals surface area contributed by atoms with Gasteiger partial charge in [-0.05, 0) is 49.4 Å². The van der Waals surface area contributed by atoms with Gasteiger partial charge in [0, 0.05) is 36.1 Å². The molecule has 2 aromatic rings. The van der Waals surface area contributed by atoms with Gasteiger partial charge in [-0.2, -0.15) is 0 Å². The van der Waals surface area contributed by atoms with E-state index in [0.717, 1.165) is 38.5 Å². The zero-order chi connectivity index (χ0) is 27.5. The van der Waals surface area contributed by atoms with Crippen LogP contribution in [0, 0.1) is 32.1 Å². The molecule has 2 aliphatic carbocycles. The van der Waals surface area contributed by atoms with Crippen molar-refractivity contribution in [3.63, 3.8) is 0 Å². The topological polar surface area (TPSA) is 211 Å². The molecule has 0 bridgehead atoms. The van der Waals surface area contributed by atoms with Crippen LogP contribution in [0.25, 0.3) is 0 Å². The smallest absolute Gasteiger partial charge is 0.271 e. The SMILES string of the molecule is Nc1ccc([N+](=O)[O-])cc1N.Nc1ccc([N+](=O)[O-])cc1NC(=O)C1CCCC1.O=C(Cl)C1CCCC1. The molecule has 0 spiro atoms. The molecule has 0 aliphatic heterocycles. The average molecular weight is 535 g/mol. The molecular formula is C24H31ClN6O6. The van der Waals surface area contributed by atoms with Crippen molar-refractivity contribution in [2.75, 3.05) is 22.5 Å². The van der Waals surface area contributed by atoms with Crippen molar-refractivity contribution in [3.05, 3.63) is 56.6 Å². The molecule has 1 amide bonds. The summed E-state index contributed by atoms with van der Waals surface area (Å²) < 4.78 is 0. The van der Waals surface area contributed by atoms with Crippen LogP contribution in [-0.2, 0) is 9.59 Å². The van der Waals surface area contributed by atoms with Crippen molar-refractivity contribution in [1.82, 2.24) is 0 Å². The minimum absolute atomic E-state index is 0.00339. The second-order valence-electron chi connectivity index (χ2n) is 8.86. The quantitative estimate of drug-likeness (QED) is 0.175. The first-order chi connectivity index (χ1) is 17.5. The number of nitrogens with one attached hydrogen (secondary N) is 1. The summed E-state index contributed by atoms with van der Waals surface area (Å²) in [5.74, 6) is 0.0972. The Morgan fingerprint density at radius 2 is 1.22 bits per heavy atom. The number of carbonyl (C=O) groups excluding carboxylic acids is 2. The number of amides is 1. The van der Waals surface area contributed by atoms with Gasteiger partial charge in [-0.25, -0.2) is 0 Å². The van der Waals surface area contributed by atoms with Crippen molar-refractivity contribution in [1.29, 1.82) is 0 Å². The molecule has 37 heavy (non-hydrogen) atoms. The van der Waals surface area contributed by atoms with Crippen LogP contribution in [0.1, 0.15) is 51.4 Å². The lowest BCUT2D eigenvalue weighted by Gasteiger charge is -2.11. The Morgan fingerprint density at radius 1 is 0.757 bits per heavy atom. The molecule has 0 saturated heterocycles. The molecule has 0 radical (unpaired) electrons. The number of carbonyl (C=O) groups is 2. The Labute approximate surface area is 218 Å². The second kappa shape index (κ2) is 14.0. The van der Waals surface area contributed by atoms with E-state index in [9.17, 15) is 29.8 Å². The number of halogens is 1. The molecule has 7 N–H and O–H groups in total. The maximum absolute atomic E-state index is 11.9. The zero-order valence-electron chi connectivity index (χ0n) is 20.2. The van der Waals surface area contributed by atoms with Crippen LogP contribution >= 0.6 is 11.6 Å². The van der Waals surface area contributed by atoms with Gasteiger partial charge in [0.1, 0.15) is 0 Å². The highest BCUT2D eigenvalue weighted by atomic mass is 35.5. The number of nitrogens with zero attached hydrogens (tertiary/aromatic N) is 2. The van der Waals surface area contributed by atoms with Crippen LogP contribution in [0.2, 0.25) is 0 Å². The summed E-state index contributed by atoms with van der Waals surface area (Å²) in [6, 6.07) is 8.00. The largest absolute Gasteiger partial charge is 0.397 e. The molecular weight excluding hydrogens is 504 g/mol. The number of benzene rings is 2. The number of nitrogen functional groups attached to an aromatic ring is 3. The van der Waals surface area contributed by atoms with Crippen molar-refractivity contribution in [2.24, 2.45) is 11.8 Å². The summed E-state index contributed by atoms with van der Waals surface area (Å²) in [6.45, 7) is 0. The molecule has 0 heterocycles. The number of non-ortho nitro benzene ring substituents is 2. The third kappa shape index (κ3) is 9.22. The average Bonchev–Trinajstić information content (AvgIpc) is 3.58. The predicted molar refractivity (Wildman–Crippen MR) is 143 cm³/mol. The first-order valence-electron chi connectivity index (χ1n) is 11.8. The van der Waals surface area contributed by atoms with E-state index in [2.05, 4.69) is 5.32 Å². The first kappa shape index (κ1) is 29.3. The van der Waals surface area contributed by atoms with Crippen molar-refractivity contribution < 1.29 is 19.4 Å². The van der Waals surface area contributed by atoms with E-state index in [1.165, 1.54) is 49.2 Å². The molecule has 2 aromatic carbocycles. The van der Waals surface area contributed by atoms with Gasteiger partial charge in [0.15, 0.2) is 0 Å². The van der Waals surface area contributed by atoms with E-state index in [1.54, 1.807) is 0 Å². The fourth-order valence-electron chi connectivity index (χ4n) is 4.02. The number of nitro benzene ring substituents is 2. The highest BCUT2D eigenvalue weighted by Crippen LogP contribution is 2.29. The zero-order valence-corrected chi connectivity index (χ0v) is 21.0. The van der Waals surface area contributed by atoms with Gasteiger partial charge in [-0.1, -0.05) is 25.7 Å². The monoisotopic (exact) mass is 534 g/mol. The highest BCUT2D eigenvalue weighted by Gasteiger charge is 2.23. The summed E-state index contributed by atoms with van der Waals surface area (Å²) in [7, 11) is 0. The van der Waals surface area contributed by atoms with E-state index < -0.39 is 9.85 Å². The van der Waals surface area contributed by atoms with Crippen LogP contribution in [0.4, 0.5) is 34.1 Å². The van der Waals surface area contributed by atoms with Gasteiger partial charge in [0.05, 0.1) is 32.6 Å². The molecule has 0 unspecified atom stereocenters. The highest BCUT2D eigenvalue weighted by molar-refractivity contribution is 6.64. The Morgan fingerprint density at radius 3 is 1.65 bits per heavy atom. The molecule has 200 valence electrons. The van der Waals surface area contributed by atoms with Crippen molar-refractivity contribution in [2.45, 2.75) is 51.4 Å². The van der Waals surface area contributed by atoms with Crippen molar-refractivity contribution >= 4 is 56.9 Å².